The average molecular weight is 326 g/mol. The highest BCUT2D eigenvalue weighted by molar-refractivity contribution is 6.30. The van der Waals surface area contributed by atoms with E-state index in [9.17, 15) is 4.79 Å². The molecule has 0 atom stereocenters. The zero-order valence-corrected chi connectivity index (χ0v) is 12.7. The maximum atomic E-state index is 11.7. The number of halogens is 1. The molecule has 0 aliphatic heterocycles. The highest BCUT2D eigenvalue weighted by Gasteiger charge is 2.14. The van der Waals surface area contributed by atoms with Crippen LogP contribution in [0.4, 0.5) is 5.82 Å². The van der Waals surface area contributed by atoms with Crippen LogP contribution in [0.2, 0.25) is 5.02 Å². The first-order valence-corrected chi connectivity index (χ1v) is 6.89. The van der Waals surface area contributed by atoms with Gasteiger partial charge in [-0.15, -0.1) is 0 Å². The number of hydrogen-bond acceptors (Lipinski definition) is 7. The first-order valence-electron chi connectivity index (χ1n) is 6.51. The van der Waals surface area contributed by atoms with Crippen LogP contribution in [0.3, 0.4) is 0 Å². The van der Waals surface area contributed by atoms with Crippen molar-refractivity contribution in [2.24, 2.45) is 0 Å². The Kier molecular flexibility index (Phi) is 5.56. The van der Waals surface area contributed by atoms with E-state index in [-0.39, 0.29) is 11.5 Å². The predicted octanol–water partition coefficient (Wildman–Crippen LogP) is 0.833. The zero-order valence-electron chi connectivity index (χ0n) is 11.9. The maximum absolute atomic E-state index is 11.7. The van der Waals surface area contributed by atoms with Gasteiger partial charge >= 0.3 is 0 Å². The molecule has 0 aliphatic rings. The summed E-state index contributed by atoms with van der Waals surface area (Å²) in [6, 6.07) is 5.40. The molecule has 1 amide bonds. The van der Waals surface area contributed by atoms with Gasteiger partial charge in [0.25, 0.3) is 5.91 Å². The molecule has 0 aliphatic carbocycles. The van der Waals surface area contributed by atoms with E-state index in [2.05, 4.69) is 25.6 Å². The summed E-state index contributed by atoms with van der Waals surface area (Å²) < 4.78 is 9.61. The van der Waals surface area contributed by atoms with Gasteiger partial charge < -0.3 is 21.1 Å². The molecule has 0 saturated heterocycles. The Morgan fingerprint density at radius 1 is 1.41 bits per heavy atom. The largest absolute Gasteiger partial charge is 0.496 e. The Labute approximate surface area is 131 Å². The molecule has 1 aromatic heterocycles. The third-order valence-electron chi connectivity index (χ3n) is 2.87. The van der Waals surface area contributed by atoms with Gasteiger partial charge in [-0.3, -0.25) is 4.79 Å². The number of aromatic nitrogens is 2. The Morgan fingerprint density at radius 3 is 2.91 bits per heavy atom. The Morgan fingerprint density at radius 2 is 2.23 bits per heavy atom. The van der Waals surface area contributed by atoms with Crippen LogP contribution in [0, 0.1) is 0 Å². The molecule has 22 heavy (non-hydrogen) atoms. The van der Waals surface area contributed by atoms with Crippen molar-refractivity contribution in [3.8, 4) is 5.75 Å². The van der Waals surface area contributed by atoms with Crippen molar-refractivity contribution in [1.29, 1.82) is 0 Å². The number of hydrogen-bond donors (Lipinski definition) is 3. The predicted molar refractivity (Wildman–Crippen MR) is 80.8 cm³/mol. The molecule has 1 aromatic carbocycles. The topological polar surface area (TPSA) is 115 Å². The lowest BCUT2D eigenvalue weighted by Crippen LogP contribution is -2.32. The molecule has 0 saturated carbocycles. The fourth-order valence-corrected chi connectivity index (χ4v) is 2.00. The second kappa shape index (κ2) is 7.62. The van der Waals surface area contributed by atoms with Crippen molar-refractivity contribution in [2.75, 3.05) is 25.9 Å². The molecule has 9 heteroatoms. The molecule has 2 rings (SSSR count). The summed E-state index contributed by atoms with van der Waals surface area (Å²) in [5.41, 5.74) is 6.34. The van der Waals surface area contributed by atoms with E-state index in [1.165, 1.54) is 0 Å². The van der Waals surface area contributed by atoms with Gasteiger partial charge in [0, 0.05) is 30.2 Å². The van der Waals surface area contributed by atoms with Gasteiger partial charge in [-0.05, 0) is 28.5 Å². The highest BCUT2D eigenvalue weighted by atomic mass is 35.5. The fourth-order valence-electron chi connectivity index (χ4n) is 1.81. The first kappa shape index (κ1) is 16.1. The zero-order chi connectivity index (χ0) is 15.9. The minimum Gasteiger partial charge on any atom is -0.496 e. The van der Waals surface area contributed by atoms with Gasteiger partial charge in [0.2, 0.25) is 11.5 Å². The van der Waals surface area contributed by atoms with E-state index in [1.807, 2.05) is 12.1 Å². The van der Waals surface area contributed by atoms with E-state index in [0.717, 1.165) is 11.3 Å². The number of ether oxygens (including phenoxy) is 1. The number of anilines is 1. The number of carbonyl (C=O) groups is 1. The van der Waals surface area contributed by atoms with Gasteiger partial charge in [0.05, 0.1) is 7.11 Å². The van der Waals surface area contributed by atoms with Crippen LogP contribution in [-0.4, -0.2) is 36.4 Å². The summed E-state index contributed by atoms with van der Waals surface area (Å²) in [5, 5.41) is 13.2. The van der Waals surface area contributed by atoms with Crippen molar-refractivity contribution in [1.82, 2.24) is 20.9 Å². The number of nitrogen functional groups attached to an aromatic ring is 1. The van der Waals surface area contributed by atoms with Crippen LogP contribution in [0.1, 0.15) is 16.1 Å². The lowest BCUT2D eigenvalue weighted by molar-refractivity contribution is 0.0944. The number of carbonyl (C=O) groups excluding carboxylic acids is 1. The minimum atomic E-state index is -0.430. The van der Waals surface area contributed by atoms with E-state index >= 15 is 0 Å². The summed E-state index contributed by atoms with van der Waals surface area (Å²) in [5.74, 6) is 0.289. The molecule has 118 valence electrons. The van der Waals surface area contributed by atoms with Gasteiger partial charge in [0.15, 0.2) is 0 Å². The SMILES string of the molecule is COc1ccc(Cl)cc1CNCCNC(=O)c1nonc1N. The van der Waals surface area contributed by atoms with Crippen LogP contribution in [0.15, 0.2) is 22.8 Å². The maximum Gasteiger partial charge on any atom is 0.277 e. The van der Waals surface area contributed by atoms with Crippen molar-refractivity contribution in [2.45, 2.75) is 6.54 Å². The highest BCUT2D eigenvalue weighted by Crippen LogP contribution is 2.22. The summed E-state index contributed by atoms with van der Waals surface area (Å²) in [6.07, 6.45) is 0. The molecule has 0 spiro atoms. The van der Waals surface area contributed by atoms with Gasteiger partial charge in [-0.1, -0.05) is 11.6 Å². The number of benzene rings is 1. The molecule has 8 nitrogen and oxygen atoms in total. The quantitative estimate of drug-likeness (QED) is 0.646. The number of nitrogens with two attached hydrogens (primary N) is 1. The van der Waals surface area contributed by atoms with Crippen LogP contribution in [0.5, 0.6) is 5.75 Å². The monoisotopic (exact) mass is 325 g/mol. The Hall–Kier alpha value is -2.32. The third-order valence-corrected chi connectivity index (χ3v) is 3.11. The van der Waals surface area contributed by atoms with Crippen LogP contribution in [0.25, 0.3) is 0 Å². The van der Waals surface area contributed by atoms with E-state index in [4.69, 9.17) is 22.1 Å². The lowest BCUT2D eigenvalue weighted by atomic mass is 10.2. The molecule has 1 heterocycles. The number of rotatable bonds is 7. The number of methoxy groups -OCH3 is 1. The Balaban J connectivity index is 1.75. The number of nitrogens with zero attached hydrogens (tertiary/aromatic N) is 2. The molecule has 4 N–H and O–H groups in total. The molecule has 0 radical (unpaired) electrons. The lowest BCUT2D eigenvalue weighted by Gasteiger charge is -2.10. The summed E-state index contributed by atoms with van der Waals surface area (Å²) in [4.78, 5) is 11.7. The number of amides is 1. The Bertz CT molecular complexity index is 646. The van der Waals surface area contributed by atoms with Gasteiger partial charge in [-0.2, -0.15) is 0 Å². The average Bonchev–Trinajstić information content (AvgIpc) is 2.93. The molecular weight excluding hydrogens is 310 g/mol. The van der Waals surface area contributed by atoms with Crippen molar-refractivity contribution in [3.05, 3.63) is 34.5 Å². The van der Waals surface area contributed by atoms with Crippen LogP contribution in [-0.2, 0) is 6.54 Å². The second-order valence-electron chi connectivity index (χ2n) is 4.39. The summed E-state index contributed by atoms with van der Waals surface area (Å²) in [7, 11) is 1.60. The molecule has 0 fully saturated rings. The number of nitrogens with one attached hydrogen (secondary N) is 2. The molecule has 0 bridgehead atoms. The van der Waals surface area contributed by atoms with Crippen LogP contribution >= 0.6 is 11.6 Å². The normalized spacial score (nSPS) is 10.5. The fraction of sp³-hybridized carbons (Fsp3) is 0.308. The third kappa shape index (κ3) is 4.09. The van der Waals surface area contributed by atoms with E-state index in [1.54, 1.807) is 13.2 Å². The van der Waals surface area contributed by atoms with Gasteiger partial charge in [0.1, 0.15) is 5.75 Å². The smallest absolute Gasteiger partial charge is 0.277 e. The van der Waals surface area contributed by atoms with E-state index < -0.39 is 5.91 Å². The molecule has 0 unspecified atom stereocenters. The van der Waals surface area contributed by atoms with Crippen LogP contribution < -0.4 is 21.1 Å². The molecular formula is C13H16ClN5O3. The molecule has 2 aromatic rings. The van der Waals surface area contributed by atoms with Gasteiger partial charge in [-0.25, -0.2) is 4.63 Å². The van der Waals surface area contributed by atoms with Crippen molar-refractivity contribution in [3.63, 3.8) is 0 Å². The van der Waals surface area contributed by atoms with Crippen molar-refractivity contribution >= 4 is 23.3 Å². The summed E-state index contributed by atoms with van der Waals surface area (Å²) in [6.45, 7) is 1.51. The standard InChI is InChI=1S/C13H16ClN5O3/c1-21-10-3-2-9(14)6-8(10)7-16-4-5-17-13(20)11-12(15)19-22-18-11/h2-3,6,16H,4-5,7H2,1H3,(H2,15,19)(H,17,20). The van der Waals surface area contributed by atoms with Crippen molar-refractivity contribution < 1.29 is 14.2 Å². The minimum absolute atomic E-state index is 0.0171. The summed E-state index contributed by atoms with van der Waals surface area (Å²) >= 11 is 5.95. The first-order chi connectivity index (χ1) is 10.6. The second-order valence-corrected chi connectivity index (χ2v) is 4.82. The van der Waals surface area contributed by atoms with E-state index in [0.29, 0.717) is 24.7 Å².